The largest absolute Gasteiger partial charge is 0.387 e. The molecule has 0 aliphatic carbocycles. The molecule has 1 fully saturated rings. The average molecular weight is 414 g/mol. The summed E-state index contributed by atoms with van der Waals surface area (Å²) in [4.78, 5) is 18.1. The molecule has 1 atom stereocenters. The number of halogens is 1. The Labute approximate surface area is 164 Å². The number of oxime groups is 1. The summed E-state index contributed by atoms with van der Waals surface area (Å²) >= 11 is 5.93. The fourth-order valence-corrected chi connectivity index (χ4v) is 5.32. The summed E-state index contributed by atoms with van der Waals surface area (Å²) in [5.41, 5.74) is 0.0878. The molecular weight excluding hydrogens is 390 g/mol. The van der Waals surface area contributed by atoms with Crippen LogP contribution in [0.15, 0.2) is 29.4 Å². The zero-order valence-electron chi connectivity index (χ0n) is 15.3. The summed E-state index contributed by atoms with van der Waals surface area (Å²) in [7, 11) is -3.31. The molecule has 1 N–H and O–H groups in total. The normalized spacial score (nSPS) is 23.1. The van der Waals surface area contributed by atoms with Crippen LogP contribution in [0.2, 0.25) is 5.02 Å². The molecule has 1 spiro atoms. The van der Waals surface area contributed by atoms with Gasteiger partial charge < -0.3 is 10.2 Å². The van der Waals surface area contributed by atoms with Gasteiger partial charge in [-0.2, -0.15) is 4.31 Å². The van der Waals surface area contributed by atoms with Crippen LogP contribution in [0.3, 0.4) is 0 Å². The molecule has 0 radical (unpaired) electrons. The van der Waals surface area contributed by atoms with Crippen molar-refractivity contribution in [2.24, 2.45) is 5.16 Å². The molecule has 7 nitrogen and oxygen atoms in total. The molecule has 0 aromatic heterocycles. The van der Waals surface area contributed by atoms with Gasteiger partial charge >= 0.3 is 0 Å². The van der Waals surface area contributed by atoms with Crippen molar-refractivity contribution in [2.45, 2.75) is 44.6 Å². The second-order valence-electron chi connectivity index (χ2n) is 7.06. The van der Waals surface area contributed by atoms with Crippen LogP contribution in [-0.2, 0) is 19.7 Å². The lowest BCUT2D eigenvalue weighted by atomic mass is 9.89. The quantitative estimate of drug-likeness (QED) is 0.776. The molecule has 1 amide bonds. The number of unbranched alkanes of at least 4 members (excludes halogenated alkanes) is 1. The number of carbonyl (C=O) groups excluding carboxylic acids is 1. The Kier molecular flexibility index (Phi) is 6.08. The molecule has 2 aliphatic rings. The Morgan fingerprint density at radius 2 is 2.26 bits per heavy atom. The molecule has 27 heavy (non-hydrogen) atoms. The molecule has 1 aromatic rings. The SMILES string of the molecule is CCCCS(=O)(=O)N1CCC[C@]2(CC(C(=O)Nc3cccc(Cl)c3)=NO2)C1. The van der Waals surface area contributed by atoms with E-state index in [0.717, 1.165) is 6.42 Å². The van der Waals surface area contributed by atoms with E-state index in [0.29, 0.717) is 42.9 Å². The lowest BCUT2D eigenvalue weighted by Gasteiger charge is -2.37. The predicted molar refractivity (Wildman–Crippen MR) is 105 cm³/mol. The van der Waals surface area contributed by atoms with Crippen molar-refractivity contribution in [3.8, 4) is 0 Å². The monoisotopic (exact) mass is 413 g/mol. The molecule has 1 saturated heterocycles. The Morgan fingerprint density at radius 1 is 1.44 bits per heavy atom. The summed E-state index contributed by atoms with van der Waals surface area (Å²) in [6, 6.07) is 6.84. The molecular formula is C18H24ClN3O4S. The molecule has 0 bridgehead atoms. The van der Waals surface area contributed by atoms with Gasteiger partial charge in [-0.3, -0.25) is 4.79 Å². The minimum Gasteiger partial charge on any atom is -0.387 e. The maximum atomic E-state index is 12.5. The topological polar surface area (TPSA) is 88.1 Å². The van der Waals surface area contributed by atoms with Gasteiger partial charge in [0.2, 0.25) is 10.0 Å². The van der Waals surface area contributed by atoms with Gasteiger partial charge in [-0.1, -0.05) is 36.2 Å². The first kappa shape index (κ1) is 20.1. The van der Waals surface area contributed by atoms with E-state index in [1.54, 1.807) is 24.3 Å². The van der Waals surface area contributed by atoms with Gasteiger partial charge in [0.15, 0.2) is 5.60 Å². The highest BCUT2D eigenvalue weighted by molar-refractivity contribution is 7.89. The number of hydrogen-bond donors (Lipinski definition) is 1. The van der Waals surface area contributed by atoms with Crippen molar-refractivity contribution < 1.29 is 18.0 Å². The van der Waals surface area contributed by atoms with Gasteiger partial charge in [-0.05, 0) is 37.5 Å². The summed E-state index contributed by atoms with van der Waals surface area (Å²) in [5, 5.41) is 7.23. The van der Waals surface area contributed by atoms with Crippen molar-refractivity contribution in [1.29, 1.82) is 0 Å². The third-order valence-corrected chi connectivity index (χ3v) is 6.98. The summed E-state index contributed by atoms with van der Waals surface area (Å²) in [6.45, 7) is 2.68. The van der Waals surface area contributed by atoms with Gasteiger partial charge in [0.25, 0.3) is 5.91 Å². The minimum atomic E-state index is -3.31. The molecule has 2 aliphatic heterocycles. The van der Waals surface area contributed by atoms with E-state index in [9.17, 15) is 13.2 Å². The van der Waals surface area contributed by atoms with Crippen LogP contribution in [0.4, 0.5) is 5.69 Å². The smallest absolute Gasteiger partial charge is 0.273 e. The summed E-state index contributed by atoms with van der Waals surface area (Å²) in [6.07, 6.45) is 3.11. The third-order valence-electron chi connectivity index (χ3n) is 4.84. The molecule has 9 heteroatoms. The summed E-state index contributed by atoms with van der Waals surface area (Å²) < 4.78 is 26.5. The van der Waals surface area contributed by atoms with Gasteiger partial charge in [-0.25, -0.2) is 8.42 Å². The average Bonchev–Trinajstić information content (AvgIpc) is 3.03. The number of benzene rings is 1. The fourth-order valence-electron chi connectivity index (χ4n) is 3.38. The van der Waals surface area contributed by atoms with Gasteiger partial charge in [0.05, 0.1) is 12.3 Å². The first-order valence-corrected chi connectivity index (χ1v) is 11.1. The first-order valence-electron chi connectivity index (χ1n) is 9.13. The number of nitrogens with one attached hydrogen (secondary N) is 1. The minimum absolute atomic E-state index is 0.141. The number of anilines is 1. The van der Waals surface area contributed by atoms with Crippen molar-refractivity contribution in [3.63, 3.8) is 0 Å². The molecule has 0 saturated carbocycles. The first-order chi connectivity index (χ1) is 12.8. The highest BCUT2D eigenvalue weighted by atomic mass is 35.5. The van der Waals surface area contributed by atoms with E-state index in [2.05, 4.69) is 10.5 Å². The lowest BCUT2D eigenvalue weighted by molar-refractivity contribution is -0.110. The molecule has 2 heterocycles. The second kappa shape index (κ2) is 8.16. The van der Waals surface area contributed by atoms with Crippen LogP contribution >= 0.6 is 11.6 Å². The van der Waals surface area contributed by atoms with Crippen LogP contribution in [0, 0.1) is 0 Å². The highest BCUT2D eigenvalue weighted by Crippen LogP contribution is 2.35. The van der Waals surface area contributed by atoms with E-state index in [1.165, 1.54) is 4.31 Å². The van der Waals surface area contributed by atoms with Crippen LogP contribution in [0.25, 0.3) is 0 Å². The number of piperidine rings is 1. The zero-order chi connectivity index (χ0) is 19.5. The molecule has 148 valence electrons. The van der Waals surface area contributed by atoms with E-state index < -0.39 is 15.6 Å². The zero-order valence-corrected chi connectivity index (χ0v) is 16.9. The molecule has 3 rings (SSSR count). The van der Waals surface area contributed by atoms with Gasteiger partial charge in [0.1, 0.15) is 5.71 Å². The standard InChI is InChI=1S/C18H24ClN3O4S/c1-2-3-10-27(24,25)22-9-5-8-18(13-22)12-16(21-26-18)17(23)20-15-7-4-6-14(19)11-15/h4,6-7,11H,2-3,5,8-10,12-13H2,1H3,(H,20,23)/t18-/m0/s1. The van der Waals surface area contributed by atoms with Crippen molar-refractivity contribution in [2.75, 3.05) is 24.2 Å². The predicted octanol–water partition coefficient (Wildman–Crippen LogP) is 3.02. The Balaban J connectivity index is 1.63. The third kappa shape index (κ3) is 4.80. The maximum absolute atomic E-state index is 12.5. The summed E-state index contributed by atoms with van der Waals surface area (Å²) in [5.74, 6) is -0.220. The van der Waals surface area contributed by atoms with Crippen molar-refractivity contribution in [3.05, 3.63) is 29.3 Å². The van der Waals surface area contributed by atoms with E-state index in [4.69, 9.17) is 16.4 Å². The Morgan fingerprint density at radius 3 is 3.00 bits per heavy atom. The highest BCUT2D eigenvalue weighted by Gasteiger charge is 2.46. The molecule has 0 unspecified atom stereocenters. The van der Waals surface area contributed by atoms with Crippen LogP contribution in [0.1, 0.15) is 39.0 Å². The van der Waals surface area contributed by atoms with Crippen LogP contribution in [-0.4, -0.2) is 48.8 Å². The fraction of sp³-hybridized carbons (Fsp3) is 0.556. The van der Waals surface area contributed by atoms with Gasteiger partial charge in [0, 0.05) is 23.7 Å². The number of sulfonamides is 1. The lowest BCUT2D eigenvalue weighted by Crippen LogP contribution is -2.51. The van der Waals surface area contributed by atoms with Crippen LogP contribution < -0.4 is 5.32 Å². The van der Waals surface area contributed by atoms with Crippen molar-refractivity contribution >= 4 is 38.9 Å². The Bertz CT molecular complexity index is 843. The molecule has 1 aromatic carbocycles. The number of carbonyl (C=O) groups is 1. The number of nitrogens with zero attached hydrogens (tertiary/aromatic N) is 2. The van der Waals surface area contributed by atoms with Crippen LogP contribution in [0.5, 0.6) is 0 Å². The van der Waals surface area contributed by atoms with E-state index >= 15 is 0 Å². The number of rotatable bonds is 6. The second-order valence-corrected chi connectivity index (χ2v) is 9.59. The van der Waals surface area contributed by atoms with E-state index in [-0.39, 0.29) is 23.9 Å². The van der Waals surface area contributed by atoms with Gasteiger partial charge in [-0.15, -0.1) is 0 Å². The van der Waals surface area contributed by atoms with Crippen molar-refractivity contribution in [1.82, 2.24) is 4.31 Å². The number of amides is 1. The Hall–Kier alpha value is -1.64. The maximum Gasteiger partial charge on any atom is 0.273 e. The number of hydrogen-bond acceptors (Lipinski definition) is 5. The van der Waals surface area contributed by atoms with E-state index in [1.807, 2.05) is 6.92 Å².